The molecule has 36 heavy (non-hydrogen) atoms. The van der Waals surface area contributed by atoms with Crippen molar-refractivity contribution in [2.75, 3.05) is 38.2 Å². The van der Waals surface area contributed by atoms with E-state index in [1.54, 1.807) is 13.2 Å². The maximum absolute atomic E-state index is 13.1. The minimum Gasteiger partial charge on any atom is -0.497 e. The van der Waals surface area contributed by atoms with Crippen molar-refractivity contribution in [3.8, 4) is 11.4 Å². The Balaban J connectivity index is 1.46. The summed E-state index contributed by atoms with van der Waals surface area (Å²) in [5.74, 6) is 2.87. The first kappa shape index (κ1) is 23.8. The number of aryl methyl sites for hydroxylation is 1. The van der Waals surface area contributed by atoms with Crippen molar-refractivity contribution < 1.29 is 9.53 Å². The summed E-state index contributed by atoms with van der Waals surface area (Å²) in [6, 6.07) is 17.4. The van der Waals surface area contributed by atoms with Crippen LogP contribution in [-0.2, 0) is 6.42 Å². The molecule has 0 atom stereocenters. The number of amides is 1. The Morgan fingerprint density at radius 2 is 1.75 bits per heavy atom. The second-order valence-electron chi connectivity index (χ2n) is 9.60. The van der Waals surface area contributed by atoms with Gasteiger partial charge in [-0.25, -0.2) is 14.6 Å². The highest BCUT2D eigenvalue weighted by atomic mass is 16.5. The van der Waals surface area contributed by atoms with E-state index < -0.39 is 0 Å². The van der Waals surface area contributed by atoms with Crippen LogP contribution >= 0.6 is 0 Å². The molecule has 1 fully saturated rings. The molecular formula is C28H32N6O2. The van der Waals surface area contributed by atoms with E-state index in [4.69, 9.17) is 19.8 Å². The fourth-order valence-electron chi connectivity index (χ4n) is 4.70. The fourth-order valence-corrected chi connectivity index (χ4v) is 4.70. The molecule has 8 nitrogen and oxygen atoms in total. The summed E-state index contributed by atoms with van der Waals surface area (Å²) in [5.41, 5.74) is 3.35. The van der Waals surface area contributed by atoms with Crippen LogP contribution < -0.4 is 9.64 Å². The van der Waals surface area contributed by atoms with Crippen molar-refractivity contribution >= 4 is 22.8 Å². The average Bonchev–Trinajstić information content (AvgIpc) is 3.24. The minimum atomic E-state index is 0.0231. The molecule has 5 rings (SSSR count). The van der Waals surface area contributed by atoms with E-state index in [0.717, 1.165) is 40.5 Å². The number of piperazine rings is 1. The van der Waals surface area contributed by atoms with Gasteiger partial charge in [0.25, 0.3) is 5.91 Å². The van der Waals surface area contributed by atoms with Crippen LogP contribution in [0.5, 0.6) is 5.75 Å². The second-order valence-corrected chi connectivity index (χ2v) is 9.60. The molecule has 1 aliphatic rings. The van der Waals surface area contributed by atoms with Gasteiger partial charge >= 0.3 is 0 Å². The van der Waals surface area contributed by atoms with Crippen LogP contribution in [0.3, 0.4) is 0 Å². The van der Waals surface area contributed by atoms with Gasteiger partial charge in [0, 0.05) is 38.2 Å². The topological polar surface area (TPSA) is 76.4 Å². The van der Waals surface area contributed by atoms with Gasteiger partial charge in [0.15, 0.2) is 5.65 Å². The molecule has 4 aromatic rings. The van der Waals surface area contributed by atoms with Gasteiger partial charge in [-0.3, -0.25) is 4.79 Å². The smallest absolute Gasteiger partial charge is 0.254 e. The van der Waals surface area contributed by atoms with E-state index in [0.29, 0.717) is 43.4 Å². The molecule has 0 aliphatic carbocycles. The van der Waals surface area contributed by atoms with E-state index in [2.05, 4.69) is 18.7 Å². The quantitative estimate of drug-likeness (QED) is 0.406. The first-order chi connectivity index (χ1) is 17.4. The number of aromatic nitrogens is 4. The summed E-state index contributed by atoms with van der Waals surface area (Å²) in [6.07, 6.45) is 0.788. The lowest BCUT2D eigenvalue weighted by Crippen LogP contribution is -2.49. The molecule has 0 saturated carbocycles. The molecule has 0 spiro atoms. The van der Waals surface area contributed by atoms with Gasteiger partial charge < -0.3 is 14.5 Å². The largest absolute Gasteiger partial charge is 0.497 e. The van der Waals surface area contributed by atoms with Gasteiger partial charge in [0.05, 0.1) is 23.9 Å². The van der Waals surface area contributed by atoms with E-state index in [9.17, 15) is 4.79 Å². The van der Waals surface area contributed by atoms with Crippen LogP contribution in [0.4, 0.5) is 5.82 Å². The number of carbonyl (C=O) groups is 1. The summed E-state index contributed by atoms with van der Waals surface area (Å²) in [6.45, 7) is 8.99. The first-order valence-electron chi connectivity index (χ1n) is 12.4. The van der Waals surface area contributed by atoms with Crippen LogP contribution in [-0.4, -0.2) is 63.8 Å². The van der Waals surface area contributed by atoms with Crippen molar-refractivity contribution in [1.29, 1.82) is 0 Å². The SMILES string of the molecule is COc1cccc(C(=O)N2CCN(c3nc(CC(C)C)nc4c3c(C)nn4-c3ccccc3)CC2)c1. The van der Waals surface area contributed by atoms with E-state index in [1.807, 2.05) is 65.0 Å². The van der Waals surface area contributed by atoms with Crippen molar-refractivity contribution in [3.63, 3.8) is 0 Å². The Labute approximate surface area is 211 Å². The Morgan fingerprint density at radius 1 is 1.00 bits per heavy atom. The monoisotopic (exact) mass is 484 g/mol. The highest BCUT2D eigenvalue weighted by molar-refractivity contribution is 5.95. The number of rotatable bonds is 6. The lowest BCUT2D eigenvalue weighted by Gasteiger charge is -2.36. The standard InChI is InChI=1S/C28H32N6O2/c1-19(2)17-24-29-26(25-20(3)31-34(27(25)30-24)22-10-6-5-7-11-22)32-13-15-33(16-14-32)28(35)21-9-8-12-23(18-21)36-4/h5-12,18-19H,13-17H2,1-4H3. The summed E-state index contributed by atoms with van der Waals surface area (Å²) < 4.78 is 7.21. The number of hydrogen-bond acceptors (Lipinski definition) is 6. The molecule has 1 amide bonds. The molecule has 2 aromatic carbocycles. The minimum absolute atomic E-state index is 0.0231. The van der Waals surface area contributed by atoms with Gasteiger partial charge in [-0.15, -0.1) is 0 Å². The van der Waals surface area contributed by atoms with E-state index in [1.165, 1.54) is 0 Å². The number of anilines is 1. The number of ether oxygens (including phenoxy) is 1. The third kappa shape index (κ3) is 4.63. The zero-order valence-electron chi connectivity index (χ0n) is 21.3. The van der Waals surface area contributed by atoms with Crippen molar-refractivity contribution in [3.05, 3.63) is 71.7 Å². The Morgan fingerprint density at radius 3 is 2.44 bits per heavy atom. The van der Waals surface area contributed by atoms with Gasteiger partial charge in [-0.05, 0) is 43.2 Å². The molecule has 0 unspecified atom stereocenters. The number of hydrogen-bond donors (Lipinski definition) is 0. The zero-order valence-corrected chi connectivity index (χ0v) is 21.3. The maximum Gasteiger partial charge on any atom is 0.254 e. The van der Waals surface area contributed by atoms with E-state index in [-0.39, 0.29) is 5.91 Å². The van der Waals surface area contributed by atoms with Crippen molar-refractivity contribution in [1.82, 2.24) is 24.6 Å². The maximum atomic E-state index is 13.1. The highest BCUT2D eigenvalue weighted by Crippen LogP contribution is 2.30. The number of methoxy groups -OCH3 is 1. The van der Waals surface area contributed by atoms with Gasteiger partial charge in [0.2, 0.25) is 0 Å². The molecule has 0 N–H and O–H groups in total. The molecule has 2 aromatic heterocycles. The number of fused-ring (bicyclic) bond motifs is 1. The van der Waals surface area contributed by atoms with E-state index >= 15 is 0 Å². The van der Waals surface area contributed by atoms with Crippen LogP contribution in [0, 0.1) is 12.8 Å². The average molecular weight is 485 g/mol. The fraction of sp³-hybridized carbons (Fsp3) is 0.357. The molecule has 186 valence electrons. The molecule has 8 heteroatoms. The van der Waals surface area contributed by atoms with Gasteiger partial charge in [-0.1, -0.05) is 38.1 Å². The Kier molecular flexibility index (Phi) is 6.59. The summed E-state index contributed by atoms with van der Waals surface area (Å²) >= 11 is 0. The molecule has 1 saturated heterocycles. The predicted octanol–water partition coefficient (Wildman–Crippen LogP) is 4.29. The normalized spacial score (nSPS) is 14.0. The number of benzene rings is 2. The van der Waals surface area contributed by atoms with Gasteiger partial charge in [-0.2, -0.15) is 5.10 Å². The third-order valence-electron chi connectivity index (χ3n) is 6.50. The molecule has 0 radical (unpaired) electrons. The lowest BCUT2D eigenvalue weighted by atomic mass is 10.1. The number of carbonyl (C=O) groups excluding carboxylic acids is 1. The summed E-state index contributed by atoms with van der Waals surface area (Å²) in [7, 11) is 1.61. The van der Waals surface area contributed by atoms with Crippen molar-refractivity contribution in [2.24, 2.45) is 5.92 Å². The molecular weight excluding hydrogens is 452 g/mol. The van der Waals surface area contributed by atoms with Crippen LogP contribution in [0.2, 0.25) is 0 Å². The first-order valence-corrected chi connectivity index (χ1v) is 12.4. The number of nitrogens with zero attached hydrogens (tertiary/aromatic N) is 6. The molecule has 0 bridgehead atoms. The van der Waals surface area contributed by atoms with Crippen LogP contribution in [0.15, 0.2) is 54.6 Å². The zero-order chi connectivity index (χ0) is 25.2. The predicted molar refractivity (Wildman–Crippen MR) is 141 cm³/mol. The second kappa shape index (κ2) is 9.97. The Hall–Kier alpha value is -3.94. The molecule has 1 aliphatic heterocycles. The number of para-hydroxylation sites is 1. The third-order valence-corrected chi connectivity index (χ3v) is 6.50. The molecule has 3 heterocycles. The van der Waals surface area contributed by atoms with Crippen LogP contribution in [0.1, 0.15) is 35.7 Å². The van der Waals surface area contributed by atoms with Crippen molar-refractivity contribution in [2.45, 2.75) is 27.2 Å². The highest BCUT2D eigenvalue weighted by Gasteiger charge is 2.27. The lowest BCUT2D eigenvalue weighted by molar-refractivity contribution is 0.0746. The Bertz CT molecular complexity index is 1370. The summed E-state index contributed by atoms with van der Waals surface area (Å²) in [5, 5.41) is 5.82. The summed E-state index contributed by atoms with van der Waals surface area (Å²) in [4.78, 5) is 27.3. The van der Waals surface area contributed by atoms with Gasteiger partial charge in [0.1, 0.15) is 17.4 Å². The van der Waals surface area contributed by atoms with Crippen LogP contribution in [0.25, 0.3) is 16.7 Å².